The topological polar surface area (TPSA) is 78.7 Å². The lowest BCUT2D eigenvalue weighted by molar-refractivity contribution is -0.136. The summed E-state index contributed by atoms with van der Waals surface area (Å²) in [5, 5.41) is 13.7. The summed E-state index contributed by atoms with van der Waals surface area (Å²) < 4.78 is 1.41. The van der Waals surface area contributed by atoms with Gasteiger partial charge in [-0.3, -0.25) is 14.4 Å². The number of carboxylic acids is 1. The summed E-state index contributed by atoms with van der Waals surface area (Å²) in [4.78, 5) is 27.7. The summed E-state index contributed by atoms with van der Waals surface area (Å²) >= 11 is 6.03. The van der Waals surface area contributed by atoms with E-state index < -0.39 is 12.0 Å². The van der Waals surface area contributed by atoms with Crippen LogP contribution in [0, 0.1) is 0 Å². The number of amides is 1. The van der Waals surface area contributed by atoms with Gasteiger partial charge in [0.25, 0.3) is 0 Å². The number of piperazine rings is 1. The number of carbonyl (C=O) groups excluding carboxylic acids is 1. The number of aromatic carboxylic acids is 1. The predicted octanol–water partition coefficient (Wildman–Crippen LogP) is 2.14. The lowest BCUT2D eigenvalue weighted by Gasteiger charge is -2.36. The normalized spacial score (nSPS) is 16.5. The molecule has 1 amide bonds. The van der Waals surface area contributed by atoms with Crippen LogP contribution in [0.4, 0.5) is 0 Å². The van der Waals surface area contributed by atoms with E-state index in [0.29, 0.717) is 13.1 Å². The Hall–Kier alpha value is -2.38. The Morgan fingerprint density at radius 2 is 2.00 bits per heavy atom. The minimum absolute atomic E-state index is 0.0487. The highest BCUT2D eigenvalue weighted by Gasteiger charge is 2.26. The van der Waals surface area contributed by atoms with Crippen LogP contribution in [-0.4, -0.2) is 62.7 Å². The number of aromatic nitrogens is 2. The van der Waals surface area contributed by atoms with Gasteiger partial charge in [-0.15, -0.1) is 0 Å². The third-order valence-corrected chi connectivity index (χ3v) is 4.82. The van der Waals surface area contributed by atoms with E-state index in [4.69, 9.17) is 16.7 Å². The molecule has 8 heteroatoms. The number of carboxylic acid groups (broad SMARTS) is 1. The predicted molar refractivity (Wildman–Crippen MR) is 97.2 cm³/mol. The van der Waals surface area contributed by atoms with Crippen LogP contribution < -0.4 is 0 Å². The lowest BCUT2D eigenvalue weighted by atomic mass is 10.2. The molecular weight excluding hydrogens is 356 g/mol. The molecule has 1 aromatic heterocycles. The van der Waals surface area contributed by atoms with Gasteiger partial charge in [0.05, 0.1) is 11.8 Å². The summed E-state index contributed by atoms with van der Waals surface area (Å²) in [5.41, 5.74) is 1.24. The average molecular weight is 377 g/mol. The zero-order valence-electron chi connectivity index (χ0n) is 14.5. The number of hydrogen-bond acceptors (Lipinski definition) is 4. The largest absolute Gasteiger partial charge is 0.478 e. The maximum Gasteiger partial charge on any atom is 0.338 e. The molecular formula is C18H21ClN4O3. The Labute approximate surface area is 156 Å². The molecule has 0 aliphatic carbocycles. The molecule has 0 bridgehead atoms. The summed E-state index contributed by atoms with van der Waals surface area (Å²) in [5.74, 6) is -1.10. The van der Waals surface area contributed by atoms with Crippen molar-refractivity contribution in [1.29, 1.82) is 0 Å². The van der Waals surface area contributed by atoms with E-state index in [-0.39, 0.29) is 11.5 Å². The van der Waals surface area contributed by atoms with Crippen LogP contribution in [0.5, 0.6) is 0 Å². The Bertz CT molecular complexity index is 799. The van der Waals surface area contributed by atoms with Gasteiger partial charge in [-0.25, -0.2) is 4.79 Å². The van der Waals surface area contributed by atoms with Crippen molar-refractivity contribution in [2.75, 3.05) is 26.2 Å². The SMILES string of the molecule is CC(C(=O)N1CCN(Cc2cccc(Cl)c2)CC1)n1cc(C(=O)O)cn1. The van der Waals surface area contributed by atoms with Crippen LogP contribution in [0.15, 0.2) is 36.7 Å². The minimum atomic E-state index is -1.05. The number of benzene rings is 1. The zero-order chi connectivity index (χ0) is 18.7. The van der Waals surface area contributed by atoms with Crippen LogP contribution in [0.1, 0.15) is 28.9 Å². The second-order valence-electron chi connectivity index (χ2n) is 6.42. The molecule has 1 unspecified atom stereocenters. The monoisotopic (exact) mass is 376 g/mol. The van der Waals surface area contributed by atoms with Gasteiger partial charge < -0.3 is 10.0 Å². The number of halogens is 1. The molecule has 138 valence electrons. The second kappa shape index (κ2) is 7.88. The first-order valence-electron chi connectivity index (χ1n) is 8.47. The van der Waals surface area contributed by atoms with Crippen molar-refractivity contribution in [2.24, 2.45) is 0 Å². The first-order chi connectivity index (χ1) is 12.4. The van der Waals surface area contributed by atoms with Gasteiger partial charge in [0, 0.05) is 43.9 Å². The average Bonchev–Trinajstić information content (AvgIpc) is 3.12. The number of carbonyl (C=O) groups is 2. The molecule has 1 N–H and O–H groups in total. The standard InChI is InChI=1S/C18H21ClN4O3/c1-13(23-12-15(10-20-23)18(25)26)17(24)22-7-5-21(6-8-22)11-14-3-2-4-16(19)9-14/h2-4,9-10,12-13H,5-8,11H2,1H3,(H,25,26). The second-order valence-corrected chi connectivity index (χ2v) is 6.86. The van der Waals surface area contributed by atoms with Crippen LogP contribution in [0.25, 0.3) is 0 Å². The highest BCUT2D eigenvalue weighted by atomic mass is 35.5. The summed E-state index contributed by atoms with van der Waals surface area (Å²) in [6, 6.07) is 7.27. The van der Waals surface area contributed by atoms with Gasteiger partial charge in [0.15, 0.2) is 0 Å². The van der Waals surface area contributed by atoms with Crippen molar-refractivity contribution in [2.45, 2.75) is 19.5 Å². The molecule has 2 heterocycles. The maximum atomic E-state index is 12.7. The van der Waals surface area contributed by atoms with Crippen molar-refractivity contribution < 1.29 is 14.7 Å². The summed E-state index contributed by atoms with van der Waals surface area (Å²) in [7, 11) is 0. The Kier molecular flexibility index (Phi) is 5.58. The number of rotatable bonds is 5. The van der Waals surface area contributed by atoms with Crippen molar-refractivity contribution in [3.63, 3.8) is 0 Å². The van der Waals surface area contributed by atoms with Gasteiger partial charge in [-0.2, -0.15) is 5.10 Å². The van der Waals surface area contributed by atoms with Gasteiger partial charge in [0.1, 0.15) is 6.04 Å². The van der Waals surface area contributed by atoms with E-state index in [1.54, 1.807) is 11.8 Å². The molecule has 1 aliphatic rings. The maximum absolute atomic E-state index is 12.7. The Balaban J connectivity index is 1.55. The molecule has 1 saturated heterocycles. The van der Waals surface area contributed by atoms with Crippen LogP contribution in [-0.2, 0) is 11.3 Å². The fourth-order valence-electron chi connectivity index (χ4n) is 3.06. The third-order valence-electron chi connectivity index (χ3n) is 4.58. The quantitative estimate of drug-likeness (QED) is 0.864. The Morgan fingerprint density at radius 3 is 2.62 bits per heavy atom. The van der Waals surface area contributed by atoms with E-state index >= 15 is 0 Å². The van der Waals surface area contributed by atoms with Gasteiger partial charge in [-0.05, 0) is 24.6 Å². The van der Waals surface area contributed by atoms with E-state index in [2.05, 4.69) is 10.00 Å². The minimum Gasteiger partial charge on any atom is -0.478 e. The molecule has 0 radical (unpaired) electrons. The van der Waals surface area contributed by atoms with Crippen LogP contribution in [0.2, 0.25) is 5.02 Å². The lowest BCUT2D eigenvalue weighted by Crippen LogP contribution is -2.49. The fourth-order valence-corrected chi connectivity index (χ4v) is 3.27. The molecule has 1 aliphatic heterocycles. The highest BCUT2D eigenvalue weighted by Crippen LogP contribution is 2.16. The fraction of sp³-hybridized carbons (Fsp3) is 0.389. The van der Waals surface area contributed by atoms with Crippen molar-refractivity contribution in [3.8, 4) is 0 Å². The molecule has 0 spiro atoms. The van der Waals surface area contributed by atoms with Crippen molar-refractivity contribution in [3.05, 3.63) is 52.8 Å². The summed E-state index contributed by atoms with van der Waals surface area (Å²) in [6.07, 6.45) is 2.65. The first kappa shape index (κ1) is 18.4. The van der Waals surface area contributed by atoms with Crippen molar-refractivity contribution >= 4 is 23.5 Å². The number of nitrogens with zero attached hydrogens (tertiary/aromatic N) is 4. The van der Waals surface area contributed by atoms with E-state index in [1.807, 2.05) is 24.3 Å². The molecule has 1 atom stereocenters. The molecule has 26 heavy (non-hydrogen) atoms. The number of hydrogen-bond donors (Lipinski definition) is 1. The molecule has 1 fully saturated rings. The van der Waals surface area contributed by atoms with E-state index in [0.717, 1.165) is 30.2 Å². The van der Waals surface area contributed by atoms with E-state index in [9.17, 15) is 9.59 Å². The highest BCUT2D eigenvalue weighted by molar-refractivity contribution is 6.30. The molecule has 1 aromatic carbocycles. The van der Waals surface area contributed by atoms with Crippen molar-refractivity contribution in [1.82, 2.24) is 19.6 Å². The molecule has 0 saturated carbocycles. The van der Waals surface area contributed by atoms with Gasteiger partial charge in [0.2, 0.25) is 5.91 Å². The molecule has 2 aromatic rings. The van der Waals surface area contributed by atoms with Gasteiger partial charge in [-0.1, -0.05) is 23.7 Å². The Morgan fingerprint density at radius 1 is 1.27 bits per heavy atom. The van der Waals surface area contributed by atoms with Crippen LogP contribution in [0.3, 0.4) is 0 Å². The van der Waals surface area contributed by atoms with Gasteiger partial charge >= 0.3 is 5.97 Å². The molecule has 7 nitrogen and oxygen atoms in total. The van der Waals surface area contributed by atoms with E-state index in [1.165, 1.54) is 17.1 Å². The third kappa shape index (κ3) is 4.23. The van der Waals surface area contributed by atoms with Crippen LogP contribution >= 0.6 is 11.6 Å². The summed E-state index contributed by atoms with van der Waals surface area (Å²) in [6.45, 7) is 5.38. The zero-order valence-corrected chi connectivity index (χ0v) is 15.3. The smallest absolute Gasteiger partial charge is 0.338 e. The first-order valence-corrected chi connectivity index (χ1v) is 8.85. The molecule has 3 rings (SSSR count).